The van der Waals surface area contributed by atoms with Gasteiger partial charge in [0.15, 0.2) is 11.5 Å². The molecular weight excluding hydrogens is 326 g/mol. The monoisotopic (exact) mass is 343 g/mol. The number of fused-ring (bicyclic) bond motifs is 1. The molecule has 1 amide bonds. The topological polar surface area (TPSA) is 94.1 Å². The number of hydrogen-bond acceptors (Lipinski definition) is 5. The van der Waals surface area contributed by atoms with Gasteiger partial charge in [-0.3, -0.25) is 4.79 Å². The number of benzene rings is 2. The minimum atomic E-state index is -1.04. The minimum absolute atomic E-state index is 0.105. The Bertz CT molecular complexity index is 761. The van der Waals surface area contributed by atoms with E-state index in [0.717, 1.165) is 5.56 Å². The van der Waals surface area contributed by atoms with Crippen LogP contribution >= 0.6 is 0 Å². The summed E-state index contributed by atoms with van der Waals surface area (Å²) in [7, 11) is 0. The highest BCUT2D eigenvalue weighted by Crippen LogP contribution is 2.34. The van der Waals surface area contributed by atoms with Gasteiger partial charge in [-0.2, -0.15) is 0 Å². The Morgan fingerprint density at radius 3 is 2.64 bits per heavy atom. The highest BCUT2D eigenvalue weighted by Gasteiger charge is 2.22. The number of rotatable bonds is 6. The van der Waals surface area contributed by atoms with Crippen molar-refractivity contribution in [3.8, 4) is 11.5 Å². The molecule has 7 heteroatoms. The maximum absolute atomic E-state index is 12.0. The molecule has 0 aliphatic carbocycles. The van der Waals surface area contributed by atoms with Gasteiger partial charge in [0, 0.05) is 0 Å². The smallest absolute Gasteiger partial charge is 0.407 e. The number of carboxylic acids is 1. The Morgan fingerprint density at radius 2 is 1.88 bits per heavy atom. The third-order valence-corrected chi connectivity index (χ3v) is 3.68. The van der Waals surface area contributed by atoms with Gasteiger partial charge in [0.05, 0.1) is 12.5 Å². The minimum Gasteiger partial charge on any atom is -0.481 e. The lowest BCUT2D eigenvalue weighted by Crippen LogP contribution is -2.30. The van der Waals surface area contributed by atoms with Crippen LogP contribution < -0.4 is 14.8 Å². The summed E-state index contributed by atoms with van der Waals surface area (Å²) in [4.78, 5) is 23.2. The van der Waals surface area contributed by atoms with E-state index in [4.69, 9.17) is 19.3 Å². The summed E-state index contributed by atoms with van der Waals surface area (Å²) in [6, 6.07) is 13.5. The van der Waals surface area contributed by atoms with Crippen molar-refractivity contribution in [2.45, 2.75) is 19.1 Å². The van der Waals surface area contributed by atoms with Crippen molar-refractivity contribution in [1.29, 1.82) is 0 Å². The number of aliphatic carboxylic acids is 1. The van der Waals surface area contributed by atoms with Gasteiger partial charge in [0.25, 0.3) is 0 Å². The van der Waals surface area contributed by atoms with Gasteiger partial charge in [-0.25, -0.2) is 4.79 Å². The van der Waals surface area contributed by atoms with Crippen LogP contribution in [-0.4, -0.2) is 24.0 Å². The van der Waals surface area contributed by atoms with E-state index in [0.29, 0.717) is 17.1 Å². The average molecular weight is 343 g/mol. The standard InChI is InChI=1S/C18H17NO6/c20-17(21)9-14(13-6-7-15-16(8-13)25-11-24-15)19-18(22)23-10-12-4-2-1-3-5-12/h1-8,14H,9-11H2,(H,19,22)(H,20,21)/t14-/m0/s1. The summed E-state index contributed by atoms with van der Waals surface area (Å²) in [5, 5.41) is 11.7. The molecule has 0 fully saturated rings. The Morgan fingerprint density at radius 1 is 1.12 bits per heavy atom. The molecule has 3 rings (SSSR count). The average Bonchev–Trinajstić information content (AvgIpc) is 3.07. The van der Waals surface area contributed by atoms with Gasteiger partial charge in [-0.1, -0.05) is 36.4 Å². The Labute approximate surface area is 144 Å². The molecule has 2 N–H and O–H groups in total. The number of alkyl carbamates (subject to hydrolysis) is 1. The first-order valence-corrected chi connectivity index (χ1v) is 7.70. The molecule has 1 aliphatic rings. The summed E-state index contributed by atoms with van der Waals surface area (Å²) in [5.41, 5.74) is 1.44. The molecule has 0 bridgehead atoms. The van der Waals surface area contributed by atoms with Crippen LogP contribution in [0.5, 0.6) is 11.5 Å². The second-order valence-electron chi connectivity index (χ2n) is 5.47. The normalized spacial score (nSPS) is 13.1. The van der Waals surface area contributed by atoms with Crippen molar-refractivity contribution in [2.24, 2.45) is 0 Å². The Balaban J connectivity index is 1.66. The summed E-state index contributed by atoms with van der Waals surface area (Å²) in [6.07, 6.45) is -0.965. The molecular formula is C18H17NO6. The third-order valence-electron chi connectivity index (χ3n) is 3.68. The first kappa shape index (κ1) is 16.6. The van der Waals surface area contributed by atoms with Crippen molar-refractivity contribution in [2.75, 3.05) is 6.79 Å². The number of ether oxygens (including phenoxy) is 3. The lowest BCUT2D eigenvalue weighted by atomic mass is 10.0. The lowest BCUT2D eigenvalue weighted by molar-refractivity contribution is -0.137. The van der Waals surface area contributed by atoms with Crippen LogP contribution in [0.1, 0.15) is 23.6 Å². The molecule has 2 aromatic carbocycles. The van der Waals surface area contributed by atoms with Crippen LogP contribution in [0.2, 0.25) is 0 Å². The number of carboxylic acid groups (broad SMARTS) is 1. The number of carbonyl (C=O) groups is 2. The highest BCUT2D eigenvalue weighted by molar-refractivity contribution is 5.72. The molecule has 130 valence electrons. The van der Waals surface area contributed by atoms with Crippen LogP contribution in [0.4, 0.5) is 4.79 Å². The summed E-state index contributed by atoms with van der Waals surface area (Å²) in [6.45, 7) is 0.225. The van der Waals surface area contributed by atoms with E-state index in [1.54, 1.807) is 18.2 Å². The maximum Gasteiger partial charge on any atom is 0.407 e. The largest absolute Gasteiger partial charge is 0.481 e. The lowest BCUT2D eigenvalue weighted by Gasteiger charge is -2.17. The molecule has 0 unspecified atom stereocenters. The summed E-state index contributed by atoms with van der Waals surface area (Å²) < 4.78 is 15.7. The van der Waals surface area contributed by atoms with Crippen molar-refractivity contribution in [3.05, 3.63) is 59.7 Å². The molecule has 1 aliphatic heterocycles. The Kier molecular flexibility index (Phi) is 5.03. The molecule has 1 atom stereocenters. The van der Waals surface area contributed by atoms with Crippen LogP contribution in [0.3, 0.4) is 0 Å². The van der Waals surface area contributed by atoms with Crippen LogP contribution in [-0.2, 0) is 16.1 Å². The number of hydrogen-bond donors (Lipinski definition) is 2. The number of carbonyl (C=O) groups excluding carboxylic acids is 1. The van der Waals surface area contributed by atoms with Crippen LogP contribution in [0, 0.1) is 0 Å². The summed E-state index contributed by atoms with van der Waals surface area (Å²) in [5.74, 6) is 0.0721. The van der Waals surface area contributed by atoms with Gasteiger partial charge in [-0.05, 0) is 23.3 Å². The summed E-state index contributed by atoms with van der Waals surface area (Å²) >= 11 is 0. The first-order valence-electron chi connectivity index (χ1n) is 7.70. The highest BCUT2D eigenvalue weighted by atomic mass is 16.7. The SMILES string of the molecule is O=C(O)C[C@H](NC(=O)OCc1ccccc1)c1ccc2c(c1)OCO2. The van der Waals surface area contributed by atoms with Gasteiger partial charge in [0.1, 0.15) is 6.61 Å². The molecule has 0 aromatic heterocycles. The van der Waals surface area contributed by atoms with E-state index in [1.165, 1.54) is 0 Å². The fraction of sp³-hybridized carbons (Fsp3) is 0.222. The maximum atomic E-state index is 12.0. The van der Waals surface area contributed by atoms with E-state index < -0.39 is 18.1 Å². The molecule has 7 nitrogen and oxygen atoms in total. The van der Waals surface area contributed by atoms with E-state index in [9.17, 15) is 9.59 Å². The van der Waals surface area contributed by atoms with E-state index in [1.807, 2.05) is 30.3 Å². The van der Waals surface area contributed by atoms with Crippen molar-refractivity contribution in [3.63, 3.8) is 0 Å². The van der Waals surface area contributed by atoms with Gasteiger partial charge >= 0.3 is 12.1 Å². The fourth-order valence-corrected chi connectivity index (χ4v) is 2.46. The molecule has 1 heterocycles. The third kappa shape index (κ3) is 4.41. The van der Waals surface area contributed by atoms with Crippen molar-refractivity contribution in [1.82, 2.24) is 5.32 Å². The zero-order valence-corrected chi connectivity index (χ0v) is 13.3. The molecule has 0 saturated heterocycles. The fourth-order valence-electron chi connectivity index (χ4n) is 2.46. The first-order chi connectivity index (χ1) is 12.1. The number of amides is 1. The zero-order valence-electron chi connectivity index (χ0n) is 13.3. The second-order valence-corrected chi connectivity index (χ2v) is 5.47. The van der Waals surface area contributed by atoms with Crippen LogP contribution in [0.25, 0.3) is 0 Å². The predicted octanol–water partition coefficient (Wildman–Crippen LogP) is 2.86. The molecule has 2 aromatic rings. The van der Waals surface area contributed by atoms with E-state index in [-0.39, 0.29) is 19.8 Å². The molecule has 25 heavy (non-hydrogen) atoms. The van der Waals surface area contributed by atoms with Gasteiger partial charge < -0.3 is 24.6 Å². The van der Waals surface area contributed by atoms with Gasteiger partial charge in [-0.15, -0.1) is 0 Å². The van der Waals surface area contributed by atoms with E-state index >= 15 is 0 Å². The zero-order chi connectivity index (χ0) is 17.6. The number of nitrogens with one attached hydrogen (secondary N) is 1. The quantitative estimate of drug-likeness (QED) is 0.837. The van der Waals surface area contributed by atoms with Crippen molar-refractivity contribution >= 4 is 12.1 Å². The van der Waals surface area contributed by atoms with E-state index in [2.05, 4.69) is 5.32 Å². The predicted molar refractivity (Wildman–Crippen MR) is 87.3 cm³/mol. The molecule has 0 radical (unpaired) electrons. The molecule has 0 saturated carbocycles. The van der Waals surface area contributed by atoms with Crippen LogP contribution in [0.15, 0.2) is 48.5 Å². The Hall–Kier alpha value is -3.22. The molecule has 0 spiro atoms. The van der Waals surface area contributed by atoms with Crippen molar-refractivity contribution < 1.29 is 28.9 Å². The second kappa shape index (κ2) is 7.57. The van der Waals surface area contributed by atoms with Gasteiger partial charge in [0.2, 0.25) is 6.79 Å².